The van der Waals surface area contributed by atoms with Crippen molar-refractivity contribution in [2.45, 2.75) is 0 Å². The minimum atomic E-state index is -0.584. The van der Waals surface area contributed by atoms with Crippen molar-refractivity contribution in [1.82, 2.24) is 0 Å². The molecule has 0 fully saturated rings. The third-order valence-electron chi connectivity index (χ3n) is 2.40. The topological polar surface area (TPSA) is 72.2 Å². The van der Waals surface area contributed by atoms with Crippen LogP contribution >= 0.6 is 0 Å². The maximum absolute atomic E-state index is 12.9. The van der Waals surface area contributed by atoms with Crippen LogP contribution in [-0.4, -0.2) is 10.8 Å². The Hall–Kier alpha value is -2.76. The highest BCUT2D eigenvalue weighted by Crippen LogP contribution is 2.15. The Balaban J connectivity index is 2.20. The van der Waals surface area contributed by atoms with Crippen LogP contribution in [0.3, 0.4) is 0 Å². The zero-order valence-corrected chi connectivity index (χ0v) is 9.67. The van der Waals surface area contributed by atoms with Crippen molar-refractivity contribution in [3.8, 4) is 0 Å². The zero-order chi connectivity index (χ0) is 13.8. The first-order chi connectivity index (χ1) is 9.06. The first-order valence-corrected chi connectivity index (χ1v) is 5.37. The van der Waals surface area contributed by atoms with Gasteiger partial charge in [-0.05, 0) is 24.3 Å². The van der Waals surface area contributed by atoms with Gasteiger partial charge < -0.3 is 5.32 Å². The van der Waals surface area contributed by atoms with Crippen molar-refractivity contribution in [3.63, 3.8) is 0 Å². The number of halogens is 1. The molecule has 2 aromatic carbocycles. The lowest BCUT2D eigenvalue weighted by molar-refractivity contribution is -0.384. The fourth-order valence-corrected chi connectivity index (χ4v) is 1.53. The third kappa shape index (κ3) is 3.12. The lowest BCUT2D eigenvalue weighted by Crippen LogP contribution is -2.12. The molecule has 2 rings (SSSR count). The molecule has 2 aromatic rings. The number of benzene rings is 2. The summed E-state index contributed by atoms with van der Waals surface area (Å²) in [5, 5.41) is 13.1. The van der Waals surface area contributed by atoms with E-state index in [9.17, 15) is 19.3 Å². The molecule has 1 amide bonds. The molecule has 0 aliphatic carbocycles. The summed E-state index contributed by atoms with van der Waals surface area (Å²) in [6.45, 7) is 0. The van der Waals surface area contributed by atoms with Crippen LogP contribution in [0.5, 0.6) is 0 Å². The predicted molar refractivity (Wildman–Crippen MR) is 67.4 cm³/mol. The van der Waals surface area contributed by atoms with Gasteiger partial charge in [0.05, 0.1) is 4.92 Å². The van der Waals surface area contributed by atoms with E-state index >= 15 is 0 Å². The van der Waals surface area contributed by atoms with Crippen LogP contribution in [0.2, 0.25) is 0 Å². The maximum Gasteiger partial charge on any atom is 0.270 e. The first-order valence-electron chi connectivity index (χ1n) is 5.37. The van der Waals surface area contributed by atoms with Gasteiger partial charge in [-0.2, -0.15) is 0 Å². The number of non-ortho nitro benzene ring substituents is 1. The quantitative estimate of drug-likeness (QED) is 0.681. The van der Waals surface area contributed by atoms with Crippen LogP contribution in [0.1, 0.15) is 10.4 Å². The Morgan fingerprint density at radius 3 is 2.58 bits per heavy atom. The molecule has 96 valence electrons. The van der Waals surface area contributed by atoms with Gasteiger partial charge in [0.1, 0.15) is 5.82 Å². The van der Waals surface area contributed by atoms with Gasteiger partial charge >= 0.3 is 0 Å². The molecular weight excluding hydrogens is 251 g/mol. The van der Waals surface area contributed by atoms with E-state index in [-0.39, 0.29) is 16.9 Å². The van der Waals surface area contributed by atoms with Crippen LogP contribution in [0.4, 0.5) is 15.8 Å². The van der Waals surface area contributed by atoms with Crippen molar-refractivity contribution >= 4 is 17.3 Å². The summed E-state index contributed by atoms with van der Waals surface area (Å²) in [5.74, 6) is -1.01. The second-order valence-electron chi connectivity index (χ2n) is 3.77. The minimum Gasteiger partial charge on any atom is -0.322 e. The molecular formula is C13H9FN2O3. The molecule has 0 saturated carbocycles. The van der Waals surface area contributed by atoms with Crippen molar-refractivity contribution in [2.24, 2.45) is 0 Å². The number of amides is 1. The van der Waals surface area contributed by atoms with Crippen LogP contribution in [0.15, 0.2) is 48.5 Å². The summed E-state index contributed by atoms with van der Waals surface area (Å²) >= 11 is 0. The molecule has 0 bridgehead atoms. The van der Waals surface area contributed by atoms with E-state index in [2.05, 4.69) is 5.32 Å². The third-order valence-corrected chi connectivity index (χ3v) is 2.40. The van der Waals surface area contributed by atoms with Crippen LogP contribution in [-0.2, 0) is 0 Å². The molecule has 0 saturated heterocycles. The number of carbonyl (C=O) groups excluding carboxylic acids is 1. The molecule has 0 atom stereocenters. The van der Waals surface area contributed by atoms with Gasteiger partial charge in [-0.25, -0.2) is 4.39 Å². The number of hydrogen-bond acceptors (Lipinski definition) is 3. The van der Waals surface area contributed by atoms with E-state index in [0.717, 1.165) is 12.1 Å². The molecule has 19 heavy (non-hydrogen) atoms. The second-order valence-corrected chi connectivity index (χ2v) is 3.77. The average Bonchev–Trinajstić information content (AvgIpc) is 2.39. The molecule has 0 spiro atoms. The number of nitro benzene ring substituents is 1. The molecule has 0 aliphatic rings. The molecule has 0 heterocycles. The Labute approximate surface area is 107 Å². The van der Waals surface area contributed by atoms with Crippen molar-refractivity contribution in [2.75, 3.05) is 5.32 Å². The van der Waals surface area contributed by atoms with E-state index in [1.807, 2.05) is 0 Å². The number of hydrogen-bond donors (Lipinski definition) is 1. The summed E-state index contributed by atoms with van der Waals surface area (Å²) < 4.78 is 12.9. The smallest absolute Gasteiger partial charge is 0.270 e. The normalized spacial score (nSPS) is 9.95. The molecule has 0 unspecified atom stereocenters. The summed E-state index contributed by atoms with van der Waals surface area (Å²) in [6, 6.07) is 10.7. The van der Waals surface area contributed by atoms with Gasteiger partial charge in [0, 0.05) is 23.4 Å². The highest BCUT2D eigenvalue weighted by molar-refractivity contribution is 6.04. The Kier molecular flexibility index (Phi) is 3.51. The second kappa shape index (κ2) is 5.26. The minimum absolute atomic E-state index is 0.137. The lowest BCUT2D eigenvalue weighted by Gasteiger charge is -2.05. The van der Waals surface area contributed by atoms with Crippen molar-refractivity contribution in [1.29, 1.82) is 0 Å². The van der Waals surface area contributed by atoms with E-state index in [4.69, 9.17) is 0 Å². The van der Waals surface area contributed by atoms with Gasteiger partial charge in [0.25, 0.3) is 11.6 Å². The van der Waals surface area contributed by atoms with Crippen LogP contribution in [0.25, 0.3) is 0 Å². The number of nitro groups is 1. The highest BCUT2D eigenvalue weighted by atomic mass is 19.1. The van der Waals surface area contributed by atoms with Gasteiger partial charge in [-0.15, -0.1) is 0 Å². The van der Waals surface area contributed by atoms with E-state index in [1.165, 1.54) is 36.4 Å². The van der Waals surface area contributed by atoms with Crippen molar-refractivity contribution < 1.29 is 14.1 Å². The van der Waals surface area contributed by atoms with Crippen LogP contribution in [0, 0.1) is 15.9 Å². The van der Waals surface area contributed by atoms with Crippen molar-refractivity contribution in [3.05, 3.63) is 70.0 Å². The summed E-state index contributed by atoms with van der Waals surface area (Å²) in [5.41, 5.74) is 0.252. The Bertz CT molecular complexity index is 643. The number of nitrogens with zero attached hydrogens (tertiary/aromatic N) is 1. The average molecular weight is 260 g/mol. The zero-order valence-electron chi connectivity index (χ0n) is 9.67. The molecule has 0 aliphatic heterocycles. The number of rotatable bonds is 3. The fourth-order valence-electron chi connectivity index (χ4n) is 1.53. The predicted octanol–water partition coefficient (Wildman–Crippen LogP) is 2.99. The molecule has 0 radical (unpaired) electrons. The standard InChI is InChI=1S/C13H9FN2O3/c14-10-4-2-5-11(8-10)15-13(17)9-3-1-6-12(7-9)16(18)19/h1-8H,(H,15,17). The summed E-state index contributed by atoms with van der Waals surface area (Å²) in [4.78, 5) is 21.9. The van der Waals surface area contributed by atoms with Gasteiger partial charge in [-0.1, -0.05) is 12.1 Å². The lowest BCUT2D eigenvalue weighted by atomic mass is 10.2. The van der Waals surface area contributed by atoms with Crippen LogP contribution < -0.4 is 5.32 Å². The largest absolute Gasteiger partial charge is 0.322 e. The SMILES string of the molecule is O=C(Nc1cccc(F)c1)c1cccc([N+](=O)[O-])c1. The Morgan fingerprint density at radius 2 is 1.89 bits per heavy atom. The van der Waals surface area contributed by atoms with E-state index < -0.39 is 16.6 Å². The molecule has 6 heteroatoms. The van der Waals surface area contributed by atoms with E-state index in [0.29, 0.717) is 0 Å². The van der Waals surface area contributed by atoms with Gasteiger partial charge in [0.2, 0.25) is 0 Å². The number of anilines is 1. The maximum atomic E-state index is 12.9. The first kappa shape index (κ1) is 12.7. The summed E-state index contributed by atoms with van der Waals surface area (Å²) in [7, 11) is 0. The fraction of sp³-hybridized carbons (Fsp3) is 0. The Morgan fingerprint density at radius 1 is 1.16 bits per heavy atom. The molecule has 0 aromatic heterocycles. The number of nitrogens with one attached hydrogen (secondary N) is 1. The van der Waals surface area contributed by atoms with Gasteiger partial charge in [-0.3, -0.25) is 14.9 Å². The van der Waals surface area contributed by atoms with Gasteiger partial charge in [0.15, 0.2) is 0 Å². The molecule has 5 nitrogen and oxygen atoms in total. The number of carbonyl (C=O) groups is 1. The summed E-state index contributed by atoms with van der Waals surface area (Å²) in [6.07, 6.45) is 0. The monoisotopic (exact) mass is 260 g/mol. The van der Waals surface area contributed by atoms with E-state index in [1.54, 1.807) is 0 Å². The molecule has 1 N–H and O–H groups in total. The highest BCUT2D eigenvalue weighted by Gasteiger charge is 2.11.